The molecule has 4 aromatic heterocycles. The topological polar surface area (TPSA) is 96.0 Å². The molecular weight excluding hydrogens is 461 g/mol. The number of pyridine rings is 1. The van der Waals surface area contributed by atoms with Gasteiger partial charge in [0, 0.05) is 41.0 Å². The Morgan fingerprint density at radius 2 is 2.00 bits per heavy atom. The highest BCUT2D eigenvalue weighted by Crippen LogP contribution is 2.35. The molecule has 0 bridgehead atoms. The molecule has 0 aliphatic heterocycles. The van der Waals surface area contributed by atoms with Crippen LogP contribution >= 0.6 is 34.4 Å². The molecule has 30 heavy (non-hydrogen) atoms. The van der Waals surface area contributed by atoms with Crippen molar-refractivity contribution in [3.63, 3.8) is 0 Å². The lowest BCUT2D eigenvalue weighted by atomic mass is 10.2. The molecule has 0 aromatic carbocycles. The van der Waals surface area contributed by atoms with Crippen molar-refractivity contribution in [2.45, 2.75) is 22.6 Å². The minimum absolute atomic E-state index is 0.139. The molecule has 0 spiro atoms. The van der Waals surface area contributed by atoms with Gasteiger partial charge in [0.15, 0.2) is 0 Å². The lowest BCUT2D eigenvalue weighted by molar-refractivity contribution is 0.520. The van der Waals surface area contributed by atoms with E-state index in [2.05, 4.69) is 15.0 Å². The smallest absolute Gasteiger partial charge is 0.260 e. The van der Waals surface area contributed by atoms with Crippen molar-refractivity contribution in [1.82, 2.24) is 19.3 Å². The van der Waals surface area contributed by atoms with Crippen molar-refractivity contribution in [1.29, 1.82) is 0 Å². The van der Waals surface area contributed by atoms with E-state index in [-0.39, 0.29) is 10.5 Å². The zero-order valence-electron chi connectivity index (χ0n) is 16.4. The predicted octanol–water partition coefficient (Wildman–Crippen LogP) is 3.96. The number of thioether (sulfide) groups is 1. The number of aryl methyl sites for hydroxylation is 1. The summed E-state index contributed by atoms with van der Waals surface area (Å²) in [6.45, 7) is 2.04. The largest absolute Gasteiger partial charge is 0.309 e. The van der Waals surface area contributed by atoms with E-state index in [9.17, 15) is 13.2 Å². The van der Waals surface area contributed by atoms with Crippen LogP contribution in [-0.4, -0.2) is 41.8 Å². The number of hydrogen-bond donors (Lipinski definition) is 1. The van der Waals surface area contributed by atoms with Crippen LogP contribution in [-0.2, 0) is 15.8 Å². The molecule has 1 N–H and O–H groups in total. The molecule has 11 heteroatoms. The van der Waals surface area contributed by atoms with Gasteiger partial charge in [0.05, 0.1) is 16.2 Å². The number of H-pyrrole nitrogens is 1. The maximum absolute atomic E-state index is 12.7. The third-order valence-corrected chi connectivity index (χ3v) is 9.00. The number of sulfonamides is 1. The van der Waals surface area contributed by atoms with E-state index >= 15 is 0 Å². The SMILES string of the molecule is Cc1ccc(-c2csc3nc(CSc4ccc(S(=O)(=O)N(C)C)cn4)[nH]c(=O)c23)s1. The van der Waals surface area contributed by atoms with Crippen molar-refractivity contribution < 1.29 is 8.42 Å². The Labute approximate surface area is 185 Å². The maximum atomic E-state index is 12.7. The second-order valence-electron chi connectivity index (χ2n) is 6.66. The van der Waals surface area contributed by atoms with Crippen molar-refractivity contribution in [3.05, 3.63) is 56.9 Å². The van der Waals surface area contributed by atoms with Crippen molar-refractivity contribution >= 4 is 54.7 Å². The molecule has 0 aliphatic carbocycles. The third kappa shape index (κ3) is 4.08. The number of thiophene rings is 2. The number of nitrogens with zero attached hydrogens (tertiary/aromatic N) is 3. The molecule has 4 heterocycles. The van der Waals surface area contributed by atoms with Crippen molar-refractivity contribution in [2.24, 2.45) is 0 Å². The maximum Gasteiger partial charge on any atom is 0.260 e. The van der Waals surface area contributed by atoms with Gasteiger partial charge in [0.25, 0.3) is 5.56 Å². The molecule has 4 aromatic rings. The molecule has 0 aliphatic rings. The summed E-state index contributed by atoms with van der Waals surface area (Å²) in [7, 11) is -0.550. The Kier molecular flexibility index (Phi) is 5.82. The molecule has 0 saturated carbocycles. The average Bonchev–Trinajstić information content (AvgIpc) is 3.33. The Hall–Kier alpha value is -2.05. The number of fused-ring (bicyclic) bond motifs is 1. The fraction of sp³-hybridized carbons (Fsp3) is 0.211. The first-order valence-electron chi connectivity index (χ1n) is 8.84. The molecule has 0 saturated heterocycles. The Balaban J connectivity index is 1.55. The monoisotopic (exact) mass is 478 g/mol. The van der Waals surface area contributed by atoms with Crippen LogP contribution in [0.5, 0.6) is 0 Å². The average molecular weight is 479 g/mol. The second-order valence-corrected chi connectivity index (χ2v) is 12.0. The van der Waals surface area contributed by atoms with Crippen LogP contribution in [0.25, 0.3) is 20.7 Å². The minimum atomic E-state index is -3.51. The van der Waals surface area contributed by atoms with Gasteiger partial charge in [0.1, 0.15) is 15.6 Å². The highest BCUT2D eigenvalue weighted by molar-refractivity contribution is 7.98. The second kappa shape index (κ2) is 8.23. The van der Waals surface area contributed by atoms with Gasteiger partial charge in [-0.15, -0.1) is 22.7 Å². The van der Waals surface area contributed by atoms with Crippen LogP contribution in [0.1, 0.15) is 10.7 Å². The van der Waals surface area contributed by atoms with Crippen LogP contribution in [0.3, 0.4) is 0 Å². The fourth-order valence-electron chi connectivity index (χ4n) is 2.78. The first kappa shape index (κ1) is 21.2. The number of hydrogen-bond acceptors (Lipinski definition) is 8. The summed E-state index contributed by atoms with van der Waals surface area (Å²) in [4.78, 5) is 27.5. The predicted molar refractivity (Wildman–Crippen MR) is 123 cm³/mol. The van der Waals surface area contributed by atoms with Crippen LogP contribution in [0.15, 0.2) is 50.6 Å². The summed E-state index contributed by atoms with van der Waals surface area (Å²) < 4.78 is 25.4. The molecular formula is C19H18N4O3S4. The summed E-state index contributed by atoms with van der Waals surface area (Å²) in [6.07, 6.45) is 1.34. The van der Waals surface area contributed by atoms with E-state index in [0.717, 1.165) is 14.7 Å². The van der Waals surface area contributed by atoms with E-state index in [4.69, 9.17) is 0 Å². The molecule has 0 atom stereocenters. The van der Waals surface area contributed by atoms with Crippen molar-refractivity contribution in [3.8, 4) is 10.4 Å². The van der Waals surface area contributed by atoms with Gasteiger partial charge in [-0.3, -0.25) is 4.79 Å². The standard InChI is InChI=1S/C19H18N4O3S4/c1-11-4-6-14(29-11)13-9-28-19-17(13)18(24)21-15(22-19)10-27-16-7-5-12(8-20-16)30(25,26)23(2)3/h4-9H,10H2,1-3H3,(H,21,22,24). The van der Waals surface area contributed by atoms with Crippen LogP contribution < -0.4 is 5.56 Å². The van der Waals surface area contributed by atoms with Gasteiger partial charge in [0.2, 0.25) is 10.0 Å². The molecule has 4 rings (SSSR count). The summed E-state index contributed by atoms with van der Waals surface area (Å²) in [5, 5.41) is 3.24. The molecule has 7 nitrogen and oxygen atoms in total. The third-order valence-electron chi connectivity index (χ3n) is 4.34. The fourth-order valence-corrected chi connectivity index (χ4v) is 6.26. The summed E-state index contributed by atoms with van der Waals surface area (Å²) >= 11 is 4.49. The van der Waals surface area contributed by atoms with Gasteiger partial charge in [-0.2, -0.15) is 0 Å². The number of rotatable bonds is 6. The van der Waals surface area contributed by atoms with Crippen LogP contribution in [0.2, 0.25) is 0 Å². The Morgan fingerprint density at radius 3 is 2.63 bits per heavy atom. The molecule has 156 valence electrons. The Morgan fingerprint density at radius 1 is 1.20 bits per heavy atom. The van der Waals surface area contributed by atoms with Gasteiger partial charge < -0.3 is 4.98 Å². The lowest BCUT2D eigenvalue weighted by Gasteiger charge is -2.11. The number of aromatic nitrogens is 3. The normalized spacial score (nSPS) is 12.1. The Bertz CT molecular complexity index is 1370. The van der Waals surface area contributed by atoms with Gasteiger partial charge in [-0.05, 0) is 31.2 Å². The quantitative estimate of drug-likeness (QED) is 0.422. The molecule has 0 unspecified atom stereocenters. The molecule has 0 amide bonds. The number of aromatic amines is 1. The summed E-state index contributed by atoms with van der Waals surface area (Å²) in [5.74, 6) is 0.976. The zero-order valence-corrected chi connectivity index (χ0v) is 19.6. The highest BCUT2D eigenvalue weighted by atomic mass is 32.2. The first-order valence-corrected chi connectivity index (χ1v) is 13.0. The van der Waals surface area contributed by atoms with E-state index in [1.807, 2.05) is 24.4 Å². The molecule has 0 fully saturated rings. The van der Waals surface area contributed by atoms with E-state index in [1.54, 1.807) is 17.4 Å². The first-order chi connectivity index (χ1) is 14.3. The molecule has 0 radical (unpaired) electrons. The zero-order chi connectivity index (χ0) is 21.5. The van der Waals surface area contributed by atoms with Crippen LogP contribution in [0.4, 0.5) is 0 Å². The number of nitrogens with one attached hydrogen (secondary N) is 1. The van der Waals surface area contributed by atoms with Gasteiger partial charge >= 0.3 is 0 Å². The van der Waals surface area contributed by atoms with E-state index < -0.39 is 10.0 Å². The summed E-state index contributed by atoms with van der Waals surface area (Å²) in [6, 6.07) is 7.24. The van der Waals surface area contributed by atoms with E-state index in [1.165, 1.54) is 54.3 Å². The van der Waals surface area contributed by atoms with Gasteiger partial charge in [-0.1, -0.05) is 11.8 Å². The summed E-state index contributed by atoms with van der Waals surface area (Å²) in [5.41, 5.74) is 0.763. The van der Waals surface area contributed by atoms with E-state index in [0.29, 0.717) is 26.8 Å². The highest BCUT2D eigenvalue weighted by Gasteiger charge is 2.18. The van der Waals surface area contributed by atoms with Gasteiger partial charge in [-0.25, -0.2) is 22.7 Å². The lowest BCUT2D eigenvalue weighted by Crippen LogP contribution is -2.22. The van der Waals surface area contributed by atoms with Crippen LogP contribution in [0, 0.1) is 6.92 Å². The van der Waals surface area contributed by atoms with Crippen molar-refractivity contribution in [2.75, 3.05) is 14.1 Å². The minimum Gasteiger partial charge on any atom is -0.309 e.